The molecule has 0 spiro atoms. The SMILES string of the molecule is CN(N)C(=O)C(COC(C)(C)C)C(=O)Nc1n[nH]c(=S)s1. The minimum atomic E-state index is -1.06. The molecule has 0 bridgehead atoms. The molecule has 8 nitrogen and oxygen atoms in total. The molecule has 1 heterocycles. The van der Waals surface area contributed by atoms with Crippen molar-refractivity contribution < 1.29 is 14.3 Å². The third-order valence-corrected chi connectivity index (χ3v) is 3.32. The van der Waals surface area contributed by atoms with E-state index in [9.17, 15) is 9.59 Å². The van der Waals surface area contributed by atoms with E-state index in [1.165, 1.54) is 7.05 Å². The van der Waals surface area contributed by atoms with Gasteiger partial charge in [-0.2, -0.15) is 0 Å². The molecule has 1 atom stereocenters. The van der Waals surface area contributed by atoms with Gasteiger partial charge in [0.05, 0.1) is 12.2 Å². The molecule has 118 valence electrons. The summed E-state index contributed by atoms with van der Waals surface area (Å²) in [4.78, 5) is 24.2. The number of rotatable bonds is 5. The Kier molecular flexibility index (Phi) is 5.96. The van der Waals surface area contributed by atoms with Gasteiger partial charge in [-0.05, 0) is 33.0 Å². The van der Waals surface area contributed by atoms with E-state index in [1.807, 2.05) is 20.8 Å². The Morgan fingerprint density at radius 3 is 2.62 bits per heavy atom. The molecule has 0 aliphatic carbocycles. The van der Waals surface area contributed by atoms with Crippen molar-refractivity contribution in [2.45, 2.75) is 26.4 Å². The van der Waals surface area contributed by atoms with E-state index in [0.29, 0.717) is 9.09 Å². The highest BCUT2D eigenvalue weighted by Crippen LogP contribution is 2.15. The lowest BCUT2D eigenvalue weighted by Gasteiger charge is -2.24. The molecule has 1 unspecified atom stereocenters. The van der Waals surface area contributed by atoms with Crippen molar-refractivity contribution in [3.8, 4) is 0 Å². The minimum absolute atomic E-state index is 0.0778. The first-order valence-electron chi connectivity index (χ1n) is 6.13. The van der Waals surface area contributed by atoms with E-state index in [0.717, 1.165) is 16.3 Å². The molecule has 0 aromatic carbocycles. The van der Waals surface area contributed by atoms with Crippen LogP contribution in [0.25, 0.3) is 0 Å². The van der Waals surface area contributed by atoms with Gasteiger partial charge in [0, 0.05) is 7.05 Å². The van der Waals surface area contributed by atoms with Crippen LogP contribution in [0.4, 0.5) is 5.13 Å². The summed E-state index contributed by atoms with van der Waals surface area (Å²) < 4.78 is 5.94. The fourth-order valence-corrected chi connectivity index (χ4v) is 2.11. The highest BCUT2D eigenvalue weighted by atomic mass is 32.1. The molecule has 21 heavy (non-hydrogen) atoms. The van der Waals surface area contributed by atoms with E-state index in [4.69, 9.17) is 22.8 Å². The quantitative estimate of drug-likeness (QED) is 0.243. The molecule has 0 aliphatic heterocycles. The second-order valence-electron chi connectivity index (χ2n) is 5.33. The number of aromatic amines is 1. The number of anilines is 1. The first-order valence-corrected chi connectivity index (χ1v) is 7.35. The molecular formula is C11H19N5O3S2. The van der Waals surface area contributed by atoms with Crippen LogP contribution in [-0.4, -0.2) is 46.3 Å². The normalized spacial score (nSPS) is 12.8. The Balaban J connectivity index is 2.81. The van der Waals surface area contributed by atoms with Crippen molar-refractivity contribution in [2.75, 3.05) is 19.0 Å². The van der Waals surface area contributed by atoms with E-state index >= 15 is 0 Å². The fraction of sp³-hybridized carbons (Fsp3) is 0.636. The van der Waals surface area contributed by atoms with Crippen LogP contribution in [0, 0.1) is 9.87 Å². The van der Waals surface area contributed by atoms with Crippen LogP contribution in [0.5, 0.6) is 0 Å². The predicted octanol–water partition coefficient (Wildman–Crippen LogP) is 0.903. The van der Waals surface area contributed by atoms with Crippen LogP contribution < -0.4 is 11.2 Å². The van der Waals surface area contributed by atoms with Gasteiger partial charge in [-0.1, -0.05) is 11.3 Å². The lowest BCUT2D eigenvalue weighted by molar-refractivity contribution is -0.144. The van der Waals surface area contributed by atoms with Crippen molar-refractivity contribution in [3.05, 3.63) is 3.95 Å². The number of nitrogens with one attached hydrogen (secondary N) is 2. The summed E-state index contributed by atoms with van der Waals surface area (Å²) >= 11 is 5.97. The monoisotopic (exact) mass is 333 g/mol. The van der Waals surface area contributed by atoms with Crippen LogP contribution in [0.15, 0.2) is 0 Å². The molecule has 1 aromatic rings. The fourth-order valence-electron chi connectivity index (χ4n) is 1.31. The second-order valence-corrected chi connectivity index (χ2v) is 7.00. The number of hydrazine groups is 1. The van der Waals surface area contributed by atoms with Crippen LogP contribution in [0.3, 0.4) is 0 Å². The van der Waals surface area contributed by atoms with Gasteiger partial charge < -0.3 is 4.74 Å². The number of nitrogens with zero attached hydrogens (tertiary/aromatic N) is 2. The average Bonchev–Trinajstić information content (AvgIpc) is 2.73. The molecular weight excluding hydrogens is 314 g/mol. The smallest absolute Gasteiger partial charge is 0.251 e. The molecule has 0 saturated carbocycles. The zero-order chi connectivity index (χ0) is 16.2. The van der Waals surface area contributed by atoms with Crippen molar-refractivity contribution in [1.29, 1.82) is 0 Å². The molecule has 4 N–H and O–H groups in total. The first-order chi connectivity index (χ1) is 9.60. The average molecular weight is 333 g/mol. The number of hydrogen-bond donors (Lipinski definition) is 3. The third kappa shape index (κ3) is 5.87. The first kappa shape index (κ1) is 17.7. The Hall–Kier alpha value is -1.36. The summed E-state index contributed by atoms with van der Waals surface area (Å²) in [6.07, 6.45) is 0. The lowest BCUT2D eigenvalue weighted by atomic mass is 10.1. The molecule has 2 amide bonds. The maximum atomic E-state index is 12.2. The van der Waals surface area contributed by atoms with E-state index in [-0.39, 0.29) is 6.61 Å². The van der Waals surface area contributed by atoms with Crippen molar-refractivity contribution in [1.82, 2.24) is 15.2 Å². The van der Waals surface area contributed by atoms with Crippen molar-refractivity contribution in [2.24, 2.45) is 11.8 Å². The Bertz CT molecular complexity index is 561. The van der Waals surface area contributed by atoms with Crippen LogP contribution in [0.1, 0.15) is 20.8 Å². The summed E-state index contributed by atoms with van der Waals surface area (Å²) in [5.74, 6) is 3.28. The van der Waals surface area contributed by atoms with Gasteiger partial charge in [0.1, 0.15) is 5.92 Å². The van der Waals surface area contributed by atoms with Crippen molar-refractivity contribution in [3.63, 3.8) is 0 Å². The number of nitrogens with two attached hydrogens (primary N) is 1. The number of H-pyrrole nitrogens is 1. The van der Waals surface area contributed by atoms with Gasteiger partial charge in [0.2, 0.25) is 11.0 Å². The topological polar surface area (TPSA) is 113 Å². The minimum Gasteiger partial charge on any atom is -0.374 e. The lowest BCUT2D eigenvalue weighted by Crippen LogP contribution is -2.45. The third-order valence-electron chi connectivity index (χ3n) is 2.31. The molecule has 0 fully saturated rings. The molecule has 1 rings (SSSR count). The predicted molar refractivity (Wildman–Crippen MR) is 82.1 cm³/mol. The van der Waals surface area contributed by atoms with Gasteiger partial charge >= 0.3 is 0 Å². The number of hydrogen-bond acceptors (Lipinski definition) is 7. The number of aromatic nitrogens is 2. The van der Waals surface area contributed by atoms with Crippen molar-refractivity contribution >= 4 is 40.5 Å². The van der Waals surface area contributed by atoms with E-state index < -0.39 is 23.3 Å². The summed E-state index contributed by atoms with van der Waals surface area (Å²) in [6.45, 7) is 5.42. The van der Waals surface area contributed by atoms with Crippen LogP contribution >= 0.6 is 23.6 Å². The summed E-state index contributed by atoms with van der Waals surface area (Å²) in [5, 5.41) is 10.0. The second kappa shape index (κ2) is 7.07. The van der Waals surface area contributed by atoms with Gasteiger partial charge in [-0.3, -0.25) is 25.0 Å². The zero-order valence-electron chi connectivity index (χ0n) is 12.3. The standard InChI is InChI=1S/C11H19N5O3S2/c1-11(2,3)19-5-6(8(18)16(4)12)7(17)13-9-14-15-10(20)21-9/h6H,5,12H2,1-4H3,(H,15,20)(H,13,14,17). The highest BCUT2D eigenvalue weighted by Gasteiger charge is 2.31. The Morgan fingerprint density at radius 2 is 2.19 bits per heavy atom. The molecule has 10 heteroatoms. The van der Waals surface area contributed by atoms with Crippen LogP contribution in [0.2, 0.25) is 0 Å². The molecule has 1 aromatic heterocycles. The van der Waals surface area contributed by atoms with Gasteiger partial charge in [-0.25, -0.2) is 5.84 Å². The zero-order valence-corrected chi connectivity index (χ0v) is 13.9. The van der Waals surface area contributed by atoms with E-state index in [2.05, 4.69) is 15.5 Å². The molecule has 0 radical (unpaired) electrons. The van der Waals surface area contributed by atoms with Gasteiger partial charge in [0.15, 0.2) is 3.95 Å². The number of amides is 2. The van der Waals surface area contributed by atoms with E-state index in [1.54, 1.807) is 0 Å². The number of carbonyl (C=O) groups is 2. The summed E-state index contributed by atoms with van der Waals surface area (Å²) in [5.41, 5.74) is -0.477. The maximum absolute atomic E-state index is 12.2. The maximum Gasteiger partial charge on any atom is 0.251 e. The summed E-state index contributed by atoms with van der Waals surface area (Å²) in [7, 11) is 1.37. The molecule has 0 aliphatic rings. The van der Waals surface area contributed by atoms with Gasteiger partial charge in [-0.15, -0.1) is 5.10 Å². The summed E-state index contributed by atoms with van der Waals surface area (Å²) in [6, 6.07) is 0. The van der Waals surface area contributed by atoms with Crippen LogP contribution in [-0.2, 0) is 14.3 Å². The Labute approximate surface area is 131 Å². The Morgan fingerprint density at radius 1 is 1.57 bits per heavy atom. The largest absolute Gasteiger partial charge is 0.374 e. The van der Waals surface area contributed by atoms with Gasteiger partial charge in [0.25, 0.3) is 5.91 Å². The number of ether oxygens (including phenoxy) is 1. The number of carbonyl (C=O) groups excluding carboxylic acids is 2. The highest BCUT2D eigenvalue weighted by molar-refractivity contribution is 7.73. The molecule has 0 saturated heterocycles.